The van der Waals surface area contributed by atoms with Gasteiger partial charge in [0.2, 0.25) is 0 Å². The maximum Gasteiger partial charge on any atom is 0.252 e. The lowest BCUT2D eigenvalue weighted by Gasteiger charge is -2.35. The number of hydrogen-bond donors (Lipinski definition) is 0. The first-order valence-electron chi connectivity index (χ1n) is 6.48. The van der Waals surface area contributed by atoms with Crippen molar-refractivity contribution >= 4 is 38.6 Å². The Kier molecular flexibility index (Phi) is 4.17. The van der Waals surface area contributed by atoms with E-state index in [1.54, 1.807) is 24.5 Å². The molecule has 8 heteroatoms. The van der Waals surface area contributed by atoms with Gasteiger partial charge in [0.25, 0.3) is 10.0 Å². The highest BCUT2D eigenvalue weighted by Crippen LogP contribution is 2.29. The van der Waals surface area contributed by atoms with E-state index in [0.717, 1.165) is 17.0 Å². The number of halogens is 1. The topological polar surface area (TPSA) is 53.5 Å². The summed E-state index contributed by atoms with van der Waals surface area (Å²) in [5.41, 5.74) is 1.07. The summed E-state index contributed by atoms with van der Waals surface area (Å²) in [5.74, 6) is 0. The van der Waals surface area contributed by atoms with E-state index >= 15 is 0 Å². The molecule has 0 aliphatic carbocycles. The molecule has 0 bridgehead atoms. The third kappa shape index (κ3) is 3.06. The number of rotatable bonds is 3. The first-order valence-corrected chi connectivity index (χ1v) is 9.11. The number of thiophene rings is 1. The maximum absolute atomic E-state index is 12.5. The third-order valence-corrected chi connectivity index (χ3v) is 7.01. The predicted octanol–water partition coefficient (Wildman–Crippen LogP) is 2.31. The van der Waals surface area contributed by atoms with Crippen LogP contribution in [0.15, 0.2) is 40.9 Å². The van der Waals surface area contributed by atoms with Gasteiger partial charge in [-0.15, -0.1) is 11.3 Å². The highest BCUT2D eigenvalue weighted by Gasteiger charge is 2.29. The molecule has 3 rings (SSSR count). The molecule has 3 heterocycles. The Bertz CT molecular complexity index is 710. The van der Waals surface area contributed by atoms with Gasteiger partial charge in [0.15, 0.2) is 0 Å². The summed E-state index contributed by atoms with van der Waals surface area (Å²) >= 11 is 6.93. The molecule has 0 aromatic carbocycles. The first kappa shape index (κ1) is 14.8. The van der Waals surface area contributed by atoms with Gasteiger partial charge in [-0.1, -0.05) is 11.6 Å². The fraction of sp³-hybridized carbons (Fsp3) is 0.308. The Morgan fingerprint density at radius 3 is 2.29 bits per heavy atom. The largest absolute Gasteiger partial charge is 0.369 e. The fourth-order valence-corrected chi connectivity index (χ4v) is 5.36. The lowest BCUT2D eigenvalue weighted by molar-refractivity contribution is 0.386. The van der Waals surface area contributed by atoms with E-state index in [4.69, 9.17) is 11.6 Å². The van der Waals surface area contributed by atoms with Crippen LogP contribution in [0.3, 0.4) is 0 Å². The van der Waals surface area contributed by atoms with Gasteiger partial charge in [-0.05, 0) is 24.3 Å². The molecule has 0 N–H and O–H groups in total. The van der Waals surface area contributed by atoms with Gasteiger partial charge in [0.05, 0.1) is 4.34 Å². The van der Waals surface area contributed by atoms with Gasteiger partial charge in [0, 0.05) is 44.3 Å². The molecule has 0 amide bonds. The Labute approximate surface area is 132 Å². The molecule has 1 fully saturated rings. The zero-order valence-corrected chi connectivity index (χ0v) is 13.5. The summed E-state index contributed by atoms with van der Waals surface area (Å²) in [6.07, 6.45) is 3.48. The van der Waals surface area contributed by atoms with Gasteiger partial charge in [-0.25, -0.2) is 8.42 Å². The van der Waals surface area contributed by atoms with Crippen LogP contribution < -0.4 is 4.90 Å². The van der Waals surface area contributed by atoms with E-state index in [9.17, 15) is 8.42 Å². The van der Waals surface area contributed by atoms with E-state index in [1.165, 1.54) is 4.31 Å². The molecule has 112 valence electrons. The summed E-state index contributed by atoms with van der Waals surface area (Å²) in [5, 5.41) is 0. The summed E-state index contributed by atoms with van der Waals surface area (Å²) in [6, 6.07) is 7.05. The Morgan fingerprint density at radius 2 is 1.71 bits per heavy atom. The fourth-order valence-electron chi connectivity index (χ4n) is 2.31. The molecule has 0 saturated carbocycles. The molecule has 1 aliphatic rings. The number of hydrogen-bond acceptors (Lipinski definition) is 5. The quantitative estimate of drug-likeness (QED) is 0.858. The van der Waals surface area contributed by atoms with E-state index in [0.29, 0.717) is 34.7 Å². The average Bonchev–Trinajstić information content (AvgIpc) is 2.96. The molecule has 2 aromatic rings. The number of piperazine rings is 1. The second kappa shape index (κ2) is 5.92. The minimum Gasteiger partial charge on any atom is -0.369 e. The van der Waals surface area contributed by atoms with Gasteiger partial charge in [-0.3, -0.25) is 4.98 Å². The summed E-state index contributed by atoms with van der Waals surface area (Å²) < 4.78 is 27.3. The molecule has 0 atom stereocenters. The van der Waals surface area contributed by atoms with Crippen LogP contribution in [0.4, 0.5) is 5.69 Å². The van der Waals surface area contributed by atoms with E-state index in [2.05, 4.69) is 9.88 Å². The molecule has 0 unspecified atom stereocenters. The van der Waals surface area contributed by atoms with Gasteiger partial charge in [0.1, 0.15) is 4.21 Å². The van der Waals surface area contributed by atoms with Crippen molar-refractivity contribution < 1.29 is 8.42 Å². The lowest BCUT2D eigenvalue weighted by Crippen LogP contribution is -2.48. The minimum atomic E-state index is -3.42. The number of nitrogens with zero attached hydrogens (tertiary/aromatic N) is 3. The molecule has 0 radical (unpaired) electrons. The Balaban J connectivity index is 1.71. The molecule has 2 aromatic heterocycles. The Morgan fingerprint density at radius 1 is 1.05 bits per heavy atom. The molecular weight excluding hydrogens is 330 g/mol. The molecule has 5 nitrogen and oxygen atoms in total. The van der Waals surface area contributed by atoms with Crippen LogP contribution >= 0.6 is 22.9 Å². The zero-order chi connectivity index (χ0) is 14.9. The third-order valence-electron chi connectivity index (χ3n) is 3.41. The van der Waals surface area contributed by atoms with Crippen LogP contribution in [0.5, 0.6) is 0 Å². The molecule has 0 spiro atoms. The lowest BCUT2D eigenvalue weighted by atomic mass is 10.3. The number of aromatic nitrogens is 1. The minimum absolute atomic E-state index is 0.310. The second-order valence-corrected chi connectivity index (χ2v) is 8.53. The van der Waals surface area contributed by atoms with Crippen molar-refractivity contribution in [2.75, 3.05) is 31.1 Å². The van der Waals surface area contributed by atoms with Crippen molar-refractivity contribution in [3.63, 3.8) is 0 Å². The van der Waals surface area contributed by atoms with Crippen LogP contribution in [0.2, 0.25) is 4.34 Å². The second-order valence-electron chi connectivity index (χ2n) is 4.66. The van der Waals surface area contributed by atoms with E-state index in [1.807, 2.05) is 12.1 Å². The highest BCUT2D eigenvalue weighted by molar-refractivity contribution is 7.91. The SMILES string of the molecule is O=S(=O)(c1ccc(Cl)s1)N1CCN(c2ccncc2)CC1. The van der Waals surface area contributed by atoms with Crippen LogP contribution in [-0.4, -0.2) is 43.9 Å². The molecular formula is C13H14ClN3O2S2. The number of sulfonamides is 1. The Hall–Kier alpha value is -1.15. The highest BCUT2D eigenvalue weighted by atomic mass is 35.5. The average molecular weight is 344 g/mol. The van der Waals surface area contributed by atoms with Gasteiger partial charge in [-0.2, -0.15) is 4.31 Å². The maximum atomic E-state index is 12.5. The monoisotopic (exact) mass is 343 g/mol. The molecule has 21 heavy (non-hydrogen) atoms. The summed E-state index contributed by atoms with van der Waals surface area (Å²) in [4.78, 5) is 6.15. The van der Waals surface area contributed by atoms with Crippen LogP contribution in [-0.2, 0) is 10.0 Å². The van der Waals surface area contributed by atoms with Crippen LogP contribution in [0, 0.1) is 0 Å². The number of anilines is 1. The normalized spacial score (nSPS) is 17.1. The van der Waals surface area contributed by atoms with Crippen molar-refractivity contribution in [1.82, 2.24) is 9.29 Å². The van der Waals surface area contributed by atoms with Crippen molar-refractivity contribution in [3.8, 4) is 0 Å². The van der Waals surface area contributed by atoms with Gasteiger partial charge < -0.3 is 4.90 Å². The smallest absolute Gasteiger partial charge is 0.252 e. The van der Waals surface area contributed by atoms with Crippen molar-refractivity contribution in [3.05, 3.63) is 41.0 Å². The number of pyridine rings is 1. The standard InChI is InChI=1S/C13H14ClN3O2S2/c14-12-1-2-13(20-12)21(18,19)17-9-7-16(8-10-17)11-3-5-15-6-4-11/h1-6H,7-10H2. The van der Waals surface area contributed by atoms with Crippen LogP contribution in [0.1, 0.15) is 0 Å². The summed E-state index contributed by atoms with van der Waals surface area (Å²) in [6.45, 7) is 2.28. The summed E-state index contributed by atoms with van der Waals surface area (Å²) in [7, 11) is -3.42. The molecule has 1 saturated heterocycles. The molecule has 1 aliphatic heterocycles. The van der Waals surface area contributed by atoms with Crippen molar-refractivity contribution in [2.45, 2.75) is 4.21 Å². The van der Waals surface area contributed by atoms with Crippen molar-refractivity contribution in [2.24, 2.45) is 0 Å². The van der Waals surface area contributed by atoms with E-state index in [-0.39, 0.29) is 0 Å². The first-order chi connectivity index (χ1) is 10.1. The van der Waals surface area contributed by atoms with Crippen LogP contribution in [0.25, 0.3) is 0 Å². The van der Waals surface area contributed by atoms with E-state index < -0.39 is 10.0 Å². The van der Waals surface area contributed by atoms with Gasteiger partial charge >= 0.3 is 0 Å². The predicted molar refractivity (Wildman–Crippen MR) is 84.5 cm³/mol. The zero-order valence-electron chi connectivity index (χ0n) is 11.1. The van der Waals surface area contributed by atoms with Crippen molar-refractivity contribution in [1.29, 1.82) is 0 Å².